The van der Waals surface area contributed by atoms with Crippen molar-refractivity contribution in [2.24, 2.45) is 5.92 Å². The second-order valence-corrected chi connectivity index (χ2v) is 9.88. The third kappa shape index (κ3) is 5.34. The highest BCUT2D eigenvalue weighted by atomic mass is 32.2. The first kappa shape index (κ1) is 22.2. The van der Waals surface area contributed by atoms with Crippen LogP contribution in [0.1, 0.15) is 46.0 Å². The summed E-state index contributed by atoms with van der Waals surface area (Å²) >= 11 is 0. The van der Waals surface area contributed by atoms with Crippen LogP contribution in [0.5, 0.6) is 0 Å². The zero-order valence-electron chi connectivity index (χ0n) is 17.5. The van der Waals surface area contributed by atoms with E-state index < -0.39 is 28.0 Å². The Morgan fingerprint density at radius 1 is 0.933 bits per heavy atom. The fraction of sp³-hybridized carbons (Fsp3) is 0.391. The molecule has 1 atom stereocenters. The molecule has 1 saturated heterocycles. The van der Waals surface area contributed by atoms with Gasteiger partial charge in [0.1, 0.15) is 0 Å². The molecule has 1 fully saturated rings. The van der Waals surface area contributed by atoms with Crippen LogP contribution >= 0.6 is 0 Å². The summed E-state index contributed by atoms with van der Waals surface area (Å²) in [5, 5.41) is 0. The Balaban J connectivity index is 1.79. The minimum Gasteiger partial charge on any atom is -0.449 e. The van der Waals surface area contributed by atoms with Crippen LogP contribution < -0.4 is 0 Å². The van der Waals surface area contributed by atoms with Crippen LogP contribution in [-0.2, 0) is 19.6 Å². The topological polar surface area (TPSA) is 80.8 Å². The predicted molar refractivity (Wildman–Crippen MR) is 115 cm³/mol. The summed E-state index contributed by atoms with van der Waals surface area (Å²) in [7, 11) is -3.27. The number of nitrogens with zero attached hydrogens (tertiary/aromatic N) is 1. The van der Waals surface area contributed by atoms with Crippen LogP contribution in [0.3, 0.4) is 0 Å². The second kappa shape index (κ2) is 9.10. The first-order chi connectivity index (χ1) is 14.1. The lowest BCUT2D eigenvalue weighted by molar-refractivity contribution is -0.153. The molecule has 0 N–H and O–H groups in total. The van der Waals surface area contributed by atoms with E-state index in [1.54, 1.807) is 24.3 Å². The van der Waals surface area contributed by atoms with E-state index in [-0.39, 0.29) is 18.9 Å². The van der Waals surface area contributed by atoms with Gasteiger partial charge < -0.3 is 4.74 Å². The second-order valence-electron chi connectivity index (χ2n) is 7.89. The average molecular weight is 430 g/mol. The van der Waals surface area contributed by atoms with Crippen molar-refractivity contribution in [1.29, 1.82) is 0 Å². The highest BCUT2D eigenvalue weighted by Gasteiger charge is 2.33. The largest absolute Gasteiger partial charge is 0.449 e. The van der Waals surface area contributed by atoms with Crippen molar-refractivity contribution in [1.82, 2.24) is 4.31 Å². The van der Waals surface area contributed by atoms with E-state index >= 15 is 0 Å². The number of esters is 1. The predicted octanol–water partition coefficient (Wildman–Crippen LogP) is 3.44. The number of hydrogen-bond donors (Lipinski definition) is 0. The molecule has 3 rings (SSSR count). The lowest BCUT2D eigenvalue weighted by Gasteiger charge is -2.30. The molecule has 0 amide bonds. The van der Waals surface area contributed by atoms with Crippen molar-refractivity contribution in [3.05, 3.63) is 70.8 Å². The van der Waals surface area contributed by atoms with Crippen LogP contribution in [0.15, 0.2) is 48.5 Å². The Labute approximate surface area is 177 Å². The summed E-state index contributed by atoms with van der Waals surface area (Å²) in [5.41, 5.74) is 3.17. The number of ether oxygens (including phenoxy) is 1. The minimum absolute atomic E-state index is 0.277. The van der Waals surface area contributed by atoms with Gasteiger partial charge in [0.15, 0.2) is 6.10 Å². The number of rotatable bonds is 6. The zero-order valence-corrected chi connectivity index (χ0v) is 18.3. The van der Waals surface area contributed by atoms with Gasteiger partial charge in [-0.25, -0.2) is 12.7 Å². The molecule has 7 heteroatoms. The fourth-order valence-electron chi connectivity index (χ4n) is 3.52. The van der Waals surface area contributed by atoms with E-state index in [1.165, 1.54) is 10.6 Å². The molecule has 1 unspecified atom stereocenters. The number of benzene rings is 2. The highest BCUT2D eigenvalue weighted by molar-refractivity contribution is 7.88. The van der Waals surface area contributed by atoms with Crippen molar-refractivity contribution < 1.29 is 22.7 Å². The van der Waals surface area contributed by atoms with Crippen LogP contribution in [-0.4, -0.2) is 43.8 Å². The number of sulfonamides is 1. The molecule has 0 bridgehead atoms. The van der Waals surface area contributed by atoms with E-state index in [2.05, 4.69) is 0 Å². The zero-order chi connectivity index (χ0) is 21.9. The first-order valence-electron chi connectivity index (χ1n) is 9.98. The molecule has 0 saturated carbocycles. The van der Waals surface area contributed by atoms with Gasteiger partial charge in [0.05, 0.1) is 12.2 Å². The Bertz CT molecular complexity index is 1000. The van der Waals surface area contributed by atoms with Crippen molar-refractivity contribution >= 4 is 21.8 Å². The Morgan fingerprint density at radius 3 is 1.93 bits per heavy atom. The van der Waals surface area contributed by atoms with Gasteiger partial charge in [-0.3, -0.25) is 9.59 Å². The molecule has 0 aliphatic carbocycles. The van der Waals surface area contributed by atoms with Gasteiger partial charge in [0, 0.05) is 24.2 Å². The molecule has 0 radical (unpaired) electrons. The highest BCUT2D eigenvalue weighted by Crippen LogP contribution is 2.27. The third-order valence-electron chi connectivity index (χ3n) is 5.44. The molecule has 1 heterocycles. The van der Waals surface area contributed by atoms with Gasteiger partial charge in [-0.2, -0.15) is 0 Å². The summed E-state index contributed by atoms with van der Waals surface area (Å²) in [5.74, 6) is -1.17. The Hall–Kier alpha value is -2.51. The summed E-state index contributed by atoms with van der Waals surface area (Å²) in [4.78, 5) is 26.0. The average Bonchev–Trinajstić information content (AvgIpc) is 2.72. The maximum absolute atomic E-state index is 13.2. The molecular weight excluding hydrogens is 402 g/mol. The summed E-state index contributed by atoms with van der Waals surface area (Å²) in [6, 6.07) is 14.5. The molecule has 2 aromatic rings. The maximum atomic E-state index is 13.2. The number of carbonyl (C=O) groups is 2. The standard InChI is InChI=1S/C23H27NO5S/c1-16-4-8-18(9-5-16)21(25)22(19-10-6-17(2)7-11-19)29-23(26)20-12-14-24(15-13-20)30(3,27)28/h4-11,20,22H,12-15H2,1-3H3. The molecule has 0 spiro atoms. The van der Waals surface area contributed by atoms with E-state index in [9.17, 15) is 18.0 Å². The molecule has 1 aliphatic heterocycles. The summed E-state index contributed by atoms with van der Waals surface area (Å²) in [6.07, 6.45) is 0.893. The van der Waals surface area contributed by atoms with Crippen LogP contribution in [0.4, 0.5) is 0 Å². The quantitative estimate of drug-likeness (QED) is 0.519. The number of carbonyl (C=O) groups excluding carboxylic acids is 2. The number of aryl methyl sites for hydroxylation is 2. The fourth-order valence-corrected chi connectivity index (χ4v) is 4.39. The van der Waals surface area contributed by atoms with Crippen molar-refractivity contribution in [2.45, 2.75) is 32.8 Å². The molecule has 1 aliphatic rings. The van der Waals surface area contributed by atoms with Gasteiger partial charge in [0.25, 0.3) is 0 Å². The van der Waals surface area contributed by atoms with E-state index in [0.717, 1.165) is 11.1 Å². The van der Waals surface area contributed by atoms with Gasteiger partial charge in [-0.05, 0) is 26.7 Å². The third-order valence-corrected chi connectivity index (χ3v) is 6.75. The van der Waals surface area contributed by atoms with Gasteiger partial charge in [-0.1, -0.05) is 59.7 Å². The normalized spacial score (nSPS) is 16.8. The minimum atomic E-state index is -3.27. The number of hydrogen-bond acceptors (Lipinski definition) is 5. The monoisotopic (exact) mass is 429 g/mol. The van der Waals surface area contributed by atoms with Crippen molar-refractivity contribution in [3.63, 3.8) is 0 Å². The van der Waals surface area contributed by atoms with Crippen LogP contribution in [0.2, 0.25) is 0 Å². The van der Waals surface area contributed by atoms with Crippen LogP contribution in [0.25, 0.3) is 0 Å². The maximum Gasteiger partial charge on any atom is 0.310 e. The Morgan fingerprint density at radius 2 is 1.43 bits per heavy atom. The number of piperidine rings is 1. The summed E-state index contributed by atoms with van der Waals surface area (Å²) in [6.45, 7) is 4.44. The molecule has 2 aromatic carbocycles. The van der Waals surface area contributed by atoms with Gasteiger partial charge >= 0.3 is 5.97 Å². The Kier molecular flexibility index (Phi) is 6.73. The molecule has 6 nitrogen and oxygen atoms in total. The van der Waals surface area contributed by atoms with Gasteiger partial charge in [-0.15, -0.1) is 0 Å². The smallest absolute Gasteiger partial charge is 0.310 e. The number of Topliss-reactive ketones (excluding diaryl/α,β-unsaturated/α-hetero) is 1. The molecule has 160 valence electrons. The van der Waals surface area contributed by atoms with Crippen molar-refractivity contribution in [2.75, 3.05) is 19.3 Å². The molecular formula is C23H27NO5S. The van der Waals surface area contributed by atoms with Gasteiger partial charge in [0.2, 0.25) is 15.8 Å². The van der Waals surface area contributed by atoms with E-state index in [0.29, 0.717) is 24.0 Å². The van der Waals surface area contributed by atoms with E-state index in [1.807, 2.05) is 38.1 Å². The lowest BCUT2D eigenvalue weighted by Crippen LogP contribution is -2.40. The molecule has 0 aromatic heterocycles. The van der Waals surface area contributed by atoms with Crippen LogP contribution in [0, 0.1) is 19.8 Å². The SMILES string of the molecule is Cc1ccc(C(=O)C(OC(=O)C2CCN(S(C)(=O)=O)CC2)c2ccc(C)cc2)cc1. The summed E-state index contributed by atoms with van der Waals surface area (Å²) < 4.78 is 30.5. The molecule has 30 heavy (non-hydrogen) atoms. The van der Waals surface area contributed by atoms with E-state index in [4.69, 9.17) is 4.74 Å². The number of ketones is 1. The van der Waals surface area contributed by atoms with Crippen molar-refractivity contribution in [3.8, 4) is 0 Å². The lowest BCUT2D eigenvalue weighted by atomic mass is 9.96. The first-order valence-corrected chi connectivity index (χ1v) is 11.8.